The molecule has 1 fully saturated rings. The van der Waals surface area contributed by atoms with Crippen LogP contribution in [0.25, 0.3) is 0 Å². The SMILES string of the molecule is COc1ccc(CC(=O)Nc2nnc(O[C@@H]3CCN(c4cccnn4)C3)s2)nc1. The van der Waals surface area contributed by atoms with Gasteiger partial charge in [-0.1, -0.05) is 5.10 Å². The molecule has 0 aliphatic carbocycles. The second-order valence-corrected chi connectivity index (χ2v) is 7.28. The van der Waals surface area contributed by atoms with Crippen LogP contribution in [0.1, 0.15) is 12.1 Å². The maximum absolute atomic E-state index is 12.2. The van der Waals surface area contributed by atoms with Crippen LogP contribution in [-0.2, 0) is 11.2 Å². The van der Waals surface area contributed by atoms with Crippen LogP contribution in [0.4, 0.5) is 10.9 Å². The lowest BCUT2D eigenvalue weighted by Crippen LogP contribution is -2.25. The van der Waals surface area contributed by atoms with Gasteiger partial charge in [-0.2, -0.15) is 5.10 Å². The summed E-state index contributed by atoms with van der Waals surface area (Å²) in [5.41, 5.74) is 0.638. The van der Waals surface area contributed by atoms with Crippen LogP contribution in [0.2, 0.25) is 0 Å². The zero-order valence-corrected chi connectivity index (χ0v) is 16.5. The number of aromatic nitrogens is 5. The number of hydrogen-bond acceptors (Lipinski definition) is 10. The summed E-state index contributed by atoms with van der Waals surface area (Å²) in [6, 6.07) is 7.29. The van der Waals surface area contributed by atoms with Crippen LogP contribution < -0.4 is 19.7 Å². The van der Waals surface area contributed by atoms with Crippen molar-refractivity contribution in [3.8, 4) is 10.9 Å². The number of hydrogen-bond donors (Lipinski definition) is 1. The molecule has 1 aliphatic heterocycles. The normalized spacial score (nSPS) is 15.9. The van der Waals surface area contributed by atoms with Gasteiger partial charge in [-0.15, -0.1) is 10.2 Å². The second-order valence-electron chi connectivity index (χ2n) is 6.34. The van der Waals surface area contributed by atoms with Gasteiger partial charge in [0.2, 0.25) is 11.0 Å². The highest BCUT2D eigenvalue weighted by Crippen LogP contribution is 2.26. The van der Waals surface area contributed by atoms with Crippen molar-refractivity contribution in [1.82, 2.24) is 25.4 Å². The van der Waals surface area contributed by atoms with E-state index >= 15 is 0 Å². The summed E-state index contributed by atoms with van der Waals surface area (Å²) in [4.78, 5) is 18.5. The maximum Gasteiger partial charge on any atom is 0.296 e. The summed E-state index contributed by atoms with van der Waals surface area (Å²) in [5.74, 6) is 1.25. The molecule has 10 nitrogen and oxygen atoms in total. The number of anilines is 2. The molecule has 1 aliphatic rings. The van der Waals surface area contributed by atoms with E-state index in [-0.39, 0.29) is 18.4 Å². The van der Waals surface area contributed by atoms with Gasteiger partial charge in [0.15, 0.2) is 5.82 Å². The van der Waals surface area contributed by atoms with Crippen LogP contribution in [0.3, 0.4) is 0 Å². The van der Waals surface area contributed by atoms with Crippen molar-refractivity contribution in [2.24, 2.45) is 0 Å². The molecule has 150 valence electrons. The van der Waals surface area contributed by atoms with Gasteiger partial charge in [0.1, 0.15) is 11.9 Å². The van der Waals surface area contributed by atoms with Crippen molar-refractivity contribution >= 4 is 28.2 Å². The maximum atomic E-state index is 12.2. The van der Waals surface area contributed by atoms with E-state index < -0.39 is 0 Å². The summed E-state index contributed by atoms with van der Waals surface area (Å²) in [5, 5.41) is 19.6. The summed E-state index contributed by atoms with van der Waals surface area (Å²) >= 11 is 1.20. The van der Waals surface area contributed by atoms with Gasteiger partial charge in [0.25, 0.3) is 5.19 Å². The van der Waals surface area contributed by atoms with Crippen molar-refractivity contribution in [1.29, 1.82) is 0 Å². The predicted octanol–water partition coefficient (Wildman–Crippen LogP) is 1.57. The molecule has 1 amide bonds. The van der Waals surface area contributed by atoms with Crippen LogP contribution in [0, 0.1) is 0 Å². The lowest BCUT2D eigenvalue weighted by atomic mass is 10.2. The Bertz CT molecular complexity index is 952. The molecule has 3 aromatic heterocycles. The van der Waals surface area contributed by atoms with Crippen LogP contribution in [0.5, 0.6) is 10.9 Å². The number of nitrogens with zero attached hydrogens (tertiary/aromatic N) is 6. The minimum atomic E-state index is -0.222. The zero-order chi connectivity index (χ0) is 20.1. The number of carbonyl (C=O) groups is 1. The lowest BCUT2D eigenvalue weighted by molar-refractivity contribution is -0.115. The van der Waals surface area contributed by atoms with E-state index in [0.29, 0.717) is 28.3 Å². The average Bonchev–Trinajstić information content (AvgIpc) is 3.39. The number of carbonyl (C=O) groups excluding carboxylic acids is 1. The minimum absolute atomic E-state index is 0.0167. The van der Waals surface area contributed by atoms with Gasteiger partial charge in [-0.25, -0.2) is 0 Å². The number of nitrogens with one attached hydrogen (secondary N) is 1. The van der Waals surface area contributed by atoms with Crippen molar-refractivity contribution < 1.29 is 14.3 Å². The molecule has 1 atom stereocenters. The molecule has 1 N–H and O–H groups in total. The number of amides is 1. The average molecular weight is 413 g/mol. The van der Waals surface area contributed by atoms with Gasteiger partial charge >= 0.3 is 0 Å². The first-order valence-corrected chi connectivity index (χ1v) is 9.83. The van der Waals surface area contributed by atoms with E-state index in [1.54, 1.807) is 31.6 Å². The third-order valence-corrected chi connectivity index (χ3v) is 5.05. The number of pyridine rings is 1. The molecule has 3 aromatic rings. The van der Waals surface area contributed by atoms with Gasteiger partial charge in [0.05, 0.1) is 26.3 Å². The van der Waals surface area contributed by atoms with Crippen molar-refractivity contribution in [2.45, 2.75) is 18.9 Å². The Morgan fingerprint density at radius 3 is 3.00 bits per heavy atom. The van der Waals surface area contributed by atoms with Gasteiger partial charge < -0.3 is 19.7 Å². The van der Waals surface area contributed by atoms with Crippen molar-refractivity contribution in [3.63, 3.8) is 0 Å². The fraction of sp³-hybridized carbons (Fsp3) is 0.333. The Hall–Kier alpha value is -3.34. The second kappa shape index (κ2) is 8.78. The first-order valence-electron chi connectivity index (χ1n) is 9.01. The van der Waals surface area contributed by atoms with E-state index in [9.17, 15) is 4.79 Å². The topological polar surface area (TPSA) is 115 Å². The first-order chi connectivity index (χ1) is 14.2. The Kier molecular flexibility index (Phi) is 5.75. The molecule has 0 spiro atoms. The quantitative estimate of drug-likeness (QED) is 0.616. The van der Waals surface area contributed by atoms with Crippen molar-refractivity contribution in [2.75, 3.05) is 30.4 Å². The summed E-state index contributed by atoms with van der Waals surface area (Å²) in [6.07, 6.45) is 4.19. The fourth-order valence-electron chi connectivity index (χ4n) is 2.91. The molecule has 0 bridgehead atoms. The Morgan fingerprint density at radius 1 is 1.31 bits per heavy atom. The molecule has 0 saturated carbocycles. The van der Waals surface area contributed by atoms with E-state index in [2.05, 4.69) is 35.6 Å². The predicted molar refractivity (Wildman–Crippen MR) is 106 cm³/mol. The van der Waals surface area contributed by atoms with E-state index in [0.717, 1.165) is 18.8 Å². The molecular weight excluding hydrogens is 394 g/mol. The molecule has 0 unspecified atom stereocenters. The number of ether oxygens (including phenoxy) is 2. The van der Waals surface area contributed by atoms with Gasteiger partial charge in [0, 0.05) is 24.9 Å². The Labute approximate surface area is 170 Å². The van der Waals surface area contributed by atoms with Crippen LogP contribution in [0.15, 0.2) is 36.7 Å². The van der Waals surface area contributed by atoms with Crippen LogP contribution in [-0.4, -0.2) is 57.6 Å². The highest BCUT2D eigenvalue weighted by molar-refractivity contribution is 7.17. The highest BCUT2D eigenvalue weighted by Gasteiger charge is 2.26. The monoisotopic (exact) mass is 413 g/mol. The van der Waals surface area contributed by atoms with E-state index in [1.807, 2.05) is 12.1 Å². The standard InChI is InChI=1S/C18H19N7O3S/c1-27-13-5-4-12(19-10-13)9-16(26)21-17-23-24-18(29-17)28-14-6-8-25(11-14)15-3-2-7-20-22-15/h2-5,7,10,14H,6,8-9,11H2,1H3,(H,21,23,26)/t14-/m1/s1. The Balaban J connectivity index is 1.27. The van der Waals surface area contributed by atoms with Gasteiger partial charge in [-0.3, -0.25) is 9.78 Å². The highest BCUT2D eigenvalue weighted by atomic mass is 32.1. The molecule has 0 radical (unpaired) electrons. The third kappa shape index (κ3) is 4.93. The molecule has 0 aromatic carbocycles. The van der Waals surface area contributed by atoms with Crippen LogP contribution >= 0.6 is 11.3 Å². The largest absolute Gasteiger partial charge is 0.495 e. The molecular formula is C18H19N7O3S. The van der Waals surface area contributed by atoms with Crippen molar-refractivity contribution in [3.05, 3.63) is 42.4 Å². The third-order valence-electron chi connectivity index (χ3n) is 4.32. The summed E-state index contributed by atoms with van der Waals surface area (Å²) in [6.45, 7) is 1.53. The smallest absolute Gasteiger partial charge is 0.296 e. The molecule has 4 heterocycles. The minimum Gasteiger partial charge on any atom is -0.495 e. The van der Waals surface area contributed by atoms with Gasteiger partial charge in [-0.05, 0) is 35.6 Å². The number of rotatable bonds is 7. The molecule has 1 saturated heterocycles. The van der Waals surface area contributed by atoms with E-state index in [4.69, 9.17) is 9.47 Å². The summed E-state index contributed by atoms with van der Waals surface area (Å²) < 4.78 is 11.0. The number of methoxy groups -OCH3 is 1. The molecule has 29 heavy (non-hydrogen) atoms. The molecule has 4 rings (SSSR count). The van der Waals surface area contributed by atoms with E-state index in [1.165, 1.54) is 11.3 Å². The zero-order valence-electron chi connectivity index (χ0n) is 15.7. The Morgan fingerprint density at radius 2 is 2.24 bits per heavy atom. The lowest BCUT2D eigenvalue weighted by Gasteiger charge is -2.16. The summed E-state index contributed by atoms with van der Waals surface area (Å²) in [7, 11) is 1.57. The molecule has 11 heteroatoms. The fourth-order valence-corrected chi connectivity index (χ4v) is 3.59. The first kappa shape index (κ1) is 19.0.